The molecule has 86 valence electrons. The molecule has 1 rings (SSSR count). The smallest absolute Gasteiger partial charge is 0.231 e. The van der Waals surface area contributed by atoms with Gasteiger partial charge >= 0.3 is 0 Å². The van der Waals surface area contributed by atoms with Crippen molar-refractivity contribution in [2.45, 2.75) is 39.5 Å². The molecule has 0 heterocycles. The molecule has 0 aromatic rings. The average molecular weight is 321 g/mol. The molecule has 0 saturated heterocycles. The topological polar surface area (TPSA) is 29.1 Å². The second-order valence-electron chi connectivity index (χ2n) is 4.85. The van der Waals surface area contributed by atoms with Crippen LogP contribution in [-0.4, -0.2) is 5.91 Å². The van der Waals surface area contributed by atoms with Gasteiger partial charge in [-0.3, -0.25) is 8.32 Å². The number of amides is 1. The van der Waals surface area contributed by atoms with Gasteiger partial charge in [0.1, 0.15) is 0 Å². The van der Waals surface area contributed by atoms with Crippen molar-refractivity contribution in [3.05, 3.63) is 12.2 Å². The first kappa shape index (κ1) is 13.0. The van der Waals surface area contributed by atoms with Gasteiger partial charge in [0.25, 0.3) is 0 Å². The Labute approximate surface area is 106 Å². The van der Waals surface area contributed by atoms with Gasteiger partial charge in [0.05, 0.1) is 22.9 Å². The minimum Gasteiger partial charge on any atom is -0.299 e. The van der Waals surface area contributed by atoms with Gasteiger partial charge in [-0.05, 0) is 38.0 Å². The van der Waals surface area contributed by atoms with Crippen molar-refractivity contribution in [2.75, 3.05) is 0 Å². The highest BCUT2D eigenvalue weighted by Crippen LogP contribution is 2.34. The van der Waals surface area contributed by atoms with Crippen LogP contribution in [0, 0.1) is 17.8 Å². The normalized spacial score (nSPS) is 31.8. The lowest BCUT2D eigenvalue weighted by atomic mass is 9.88. The van der Waals surface area contributed by atoms with Gasteiger partial charge in [-0.15, -0.1) is 0 Å². The summed E-state index contributed by atoms with van der Waals surface area (Å²) in [5.74, 6) is 1.57. The van der Waals surface area contributed by atoms with Crippen LogP contribution in [0.4, 0.5) is 0 Å². The van der Waals surface area contributed by atoms with Gasteiger partial charge in [0.15, 0.2) is 0 Å². The van der Waals surface area contributed by atoms with E-state index in [-0.39, 0.29) is 11.8 Å². The predicted octanol–water partition coefficient (Wildman–Crippen LogP) is 3.47. The second kappa shape index (κ2) is 5.87. The second-order valence-corrected chi connectivity index (χ2v) is 5.39. The molecule has 1 amide bonds. The number of hydrogen-bond donors (Lipinski definition) is 1. The Kier molecular flexibility index (Phi) is 5.09. The number of halogens is 1. The minimum absolute atomic E-state index is 0.182. The maximum absolute atomic E-state index is 11.7. The molecule has 1 aliphatic carbocycles. The number of hydrogen-bond acceptors (Lipinski definition) is 1. The highest BCUT2D eigenvalue weighted by Gasteiger charge is 2.28. The summed E-state index contributed by atoms with van der Waals surface area (Å²) in [7, 11) is 0. The quantitative estimate of drug-likeness (QED) is 0.359. The lowest BCUT2D eigenvalue weighted by molar-refractivity contribution is -0.123. The van der Waals surface area contributed by atoms with Gasteiger partial charge in [0, 0.05) is 5.92 Å². The third-order valence-corrected chi connectivity index (χ3v) is 3.96. The summed E-state index contributed by atoms with van der Waals surface area (Å²) in [6.45, 7) is 8.36. The van der Waals surface area contributed by atoms with Gasteiger partial charge in [0.2, 0.25) is 5.91 Å². The van der Waals surface area contributed by atoms with E-state index in [1.807, 2.05) is 22.9 Å². The number of carbonyl (C=O) groups excluding carboxylic acids is 1. The number of allylic oxidation sites excluding steroid dienone is 1. The Morgan fingerprint density at radius 3 is 2.53 bits per heavy atom. The van der Waals surface area contributed by atoms with E-state index in [0.717, 1.165) is 12.8 Å². The molecule has 1 N–H and O–H groups in total. The molecule has 1 unspecified atom stereocenters. The van der Waals surface area contributed by atoms with Crippen molar-refractivity contribution in [1.82, 2.24) is 3.53 Å². The zero-order valence-electron chi connectivity index (χ0n) is 9.55. The summed E-state index contributed by atoms with van der Waals surface area (Å²) in [6.07, 6.45) is 4.43. The maximum atomic E-state index is 11.7. The molecule has 2 nitrogen and oxygen atoms in total. The van der Waals surface area contributed by atoms with Crippen LogP contribution in [0.2, 0.25) is 0 Å². The zero-order chi connectivity index (χ0) is 11.4. The van der Waals surface area contributed by atoms with Crippen molar-refractivity contribution in [2.24, 2.45) is 17.8 Å². The molecule has 1 fully saturated rings. The van der Waals surface area contributed by atoms with Crippen LogP contribution in [-0.2, 0) is 4.79 Å². The van der Waals surface area contributed by atoms with Crippen molar-refractivity contribution in [3.8, 4) is 0 Å². The van der Waals surface area contributed by atoms with Crippen molar-refractivity contribution >= 4 is 28.8 Å². The van der Waals surface area contributed by atoms with E-state index in [2.05, 4.69) is 24.0 Å². The Hall–Kier alpha value is -0.0600. The van der Waals surface area contributed by atoms with E-state index in [9.17, 15) is 4.79 Å². The van der Waals surface area contributed by atoms with Crippen LogP contribution in [0.3, 0.4) is 0 Å². The van der Waals surface area contributed by atoms with E-state index in [0.29, 0.717) is 11.8 Å². The van der Waals surface area contributed by atoms with E-state index >= 15 is 0 Å². The lowest BCUT2D eigenvalue weighted by Crippen LogP contribution is -2.25. The summed E-state index contributed by atoms with van der Waals surface area (Å²) in [4.78, 5) is 11.7. The fraction of sp³-hybridized carbons (Fsp3) is 0.750. The van der Waals surface area contributed by atoms with E-state index < -0.39 is 0 Å². The molecular formula is C12H20INO. The van der Waals surface area contributed by atoms with Gasteiger partial charge in [-0.2, -0.15) is 0 Å². The van der Waals surface area contributed by atoms with Crippen LogP contribution in [0.1, 0.15) is 39.5 Å². The first-order valence-corrected chi connectivity index (χ1v) is 6.68. The third kappa shape index (κ3) is 3.78. The number of rotatable bonds is 2. The SMILES string of the molecule is C=C(C)C1CC[C@@H](C)C[C@@H](C(=O)NI)C1. The summed E-state index contributed by atoms with van der Waals surface area (Å²) in [5, 5.41) is 0. The molecule has 15 heavy (non-hydrogen) atoms. The van der Waals surface area contributed by atoms with E-state index in [1.165, 1.54) is 18.4 Å². The van der Waals surface area contributed by atoms with Crippen molar-refractivity contribution < 1.29 is 4.79 Å². The van der Waals surface area contributed by atoms with Crippen LogP contribution in [0.15, 0.2) is 12.2 Å². The Morgan fingerprint density at radius 2 is 2.00 bits per heavy atom. The first-order valence-electron chi connectivity index (χ1n) is 5.60. The summed E-state index contributed by atoms with van der Waals surface area (Å²) < 4.78 is 2.74. The fourth-order valence-corrected chi connectivity index (χ4v) is 2.83. The van der Waals surface area contributed by atoms with Crippen LogP contribution < -0.4 is 3.53 Å². The summed E-state index contributed by atoms with van der Waals surface area (Å²) >= 11 is 1.94. The minimum atomic E-state index is 0.182. The van der Waals surface area contributed by atoms with Crippen LogP contribution in [0.5, 0.6) is 0 Å². The molecule has 0 radical (unpaired) electrons. The number of nitrogens with one attached hydrogen (secondary N) is 1. The van der Waals surface area contributed by atoms with Gasteiger partial charge in [-0.25, -0.2) is 0 Å². The standard InChI is InChI=1S/C12H20INO/c1-8(2)10-5-4-9(3)6-11(7-10)12(15)14-13/h9-11H,1,4-7H2,2-3H3,(H,14,15)/t9-,10?,11-/m1/s1. The Bertz CT molecular complexity index is 252. The number of carbonyl (C=O) groups is 1. The molecule has 0 aromatic carbocycles. The van der Waals surface area contributed by atoms with E-state index in [1.54, 1.807) is 0 Å². The highest BCUT2D eigenvalue weighted by molar-refractivity contribution is 14.1. The molecule has 3 atom stereocenters. The van der Waals surface area contributed by atoms with Gasteiger partial charge < -0.3 is 0 Å². The zero-order valence-corrected chi connectivity index (χ0v) is 11.7. The monoisotopic (exact) mass is 321 g/mol. The average Bonchev–Trinajstić information content (AvgIpc) is 2.39. The summed E-state index contributed by atoms with van der Waals surface area (Å²) in [5.41, 5.74) is 1.23. The Balaban J connectivity index is 2.69. The molecule has 0 aliphatic heterocycles. The van der Waals surface area contributed by atoms with Crippen LogP contribution >= 0.6 is 22.9 Å². The molecule has 0 spiro atoms. The fourth-order valence-electron chi connectivity index (χ4n) is 2.39. The first-order chi connectivity index (χ1) is 7.04. The molecule has 1 aliphatic rings. The Morgan fingerprint density at radius 1 is 1.33 bits per heavy atom. The van der Waals surface area contributed by atoms with Crippen LogP contribution in [0.25, 0.3) is 0 Å². The van der Waals surface area contributed by atoms with Crippen molar-refractivity contribution in [1.29, 1.82) is 0 Å². The predicted molar refractivity (Wildman–Crippen MR) is 71.6 cm³/mol. The molecular weight excluding hydrogens is 301 g/mol. The highest BCUT2D eigenvalue weighted by atomic mass is 127. The molecule has 3 heteroatoms. The summed E-state index contributed by atoms with van der Waals surface area (Å²) in [6, 6.07) is 0. The molecule has 1 saturated carbocycles. The molecule has 0 aromatic heterocycles. The largest absolute Gasteiger partial charge is 0.299 e. The van der Waals surface area contributed by atoms with E-state index in [4.69, 9.17) is 0 Å². The molecule has 0 bridgehead atoms. The maximum Gasteiger partial charge on any atom is 0.231 e. The lowest BCUT2D eigenvalue weighted by Gasteiger charge is -2.18. The van der Waals surface area contributed by atoms with Gasteiger partial charge in [-0.1, -0.05) is 25.5 Å². The van der Waals surface area contributed by atoms with Crippen molar-refractivity contribution in [3.63, 3.8) is 0 Å². The third-order valence-electron chi connectivity index (χ3n) is 3.42.